The predicted octanol–water partition coefficient (Wildman–Crippen LogP) is 1.88. The van der Waals surface area contributed by atoms with Crippen LogP contribution in [0.4, 0.5) is 0 Å². The number of ether oxygens (including phenoxy) is 1. The third-order valence-corrected chi connectivity index (χ3v) is 3.84. The molecule has 5 heteroatoms. The molecule has 1 aliphatic heterocycles. The van der Waals surface area contributed by atoms with Crippen molar-refractivity contribution in [3.8, 4) is 5.75 Å². The van der Waals surface area contributed by atoms with Gasteiger partial charge in [0, 0.05) is 12.6 Å². The van der Waals surface area contributed by atoms with Gasteiger partial charge in [-0.15, -0.1) is 0 Å². The molecule has 0 radical (unpaired) electrons. The van der Waals surface area contributed by atoms with Crippen LogP contribution in [0.15, 0.2) is 24.3 Å². The Hall–Kier alpha value is -2.04. The van der Waals surface area contributed by atoms with E-state index in [1.165, 1.54) is 7.11 Å². The molecule has 0 saturated carbocycles. The number of amides is 1. The summed E-state index contributed by atoms with van der Waals surface area (Å²) >= 11 is 0. The summed E-state index contributed by atoms with van der Waals surface area (Å²) in [4.78, 5) is 25.7. The fourth-order valence-electron chi connectivity index (χ4n) is 2.76. The van der Waals surface area contributed by atoms with Gasteiger partial charge >= 0.3 is 5.97 Å². The Bertz CT molecular complexity index is 515. The molecule has 114 valence electrons. The number of phenols is 1. The van der Waals surface area contributed by atoms with Crippen LogP contribution in [0.3, 0.4) is 0 Å². The van der Waals surface area contributed by atoms with E-state index in [1.807, 2.05) is 6.07 Å². The summed E-state index contributed by atoms with van der Waals surface area (Å²) in [5.41, 5.74) is 0.780. The van der Waals surface area contributed by atoms with Crippen LogP contribution in [-0.2, 0) is 20.7 Å². The number of hydrogen-bond acceptors (Lipinski definition) is 4. The number of phenolic OH excluding ortho intramolecular Hbond substituents is 1. The van der Waals surface area contributed by atoms with Crippen LogP contribution in [0, 0.1) is 0 Å². The van der Waals surface area contributed by atoms with Gasteiger partial charge in [-0.2, -0.15) is 0 Å². The highest BCUT2D eigenvalue weighted by molar-refractivity contribution is 5.80. The first-order chi connectivity index (χ1) is 10.1. The van der Waals surface area contributed by atoms with Crippen molar-refractivity contribution >= 4 is 11.9 Å². The van der Waals surface area contributed by atoms with Gasteiger partial charge in [-0.3, -0.25) is 9.59 Å². The summed E-state index contributed by atoms with van der Waals surface area (Å²) in [5, 5.41) is 9.45. The minimum atomic E-state index is -0.281. The molecule has 1 heterocycles. The van der Waals surface area contributed by atoms with E-state index in [9.17, 15) is 14.7 Å². The Balaban J connectivity index is 2.02. The second kappa shape index (κ2) is 7.11. The Labute approximate surface area is 124 Å². The molecule has 1 aromatic rings. The Kier molecular flexibility index (Phi) is 5.20. The maximum atomic E-state index is 12.5. The van der Waals surface area contributed by atoms with Gasteiger partial charge in [0.15, 0.2) is 0 Å². The van der Waals surface area contributed by atoms with Crippen LogP contribution in [0.2, 0.25) is 0 Å². The number of nitrogens with zero attached hydrogens (tertiary/aromatic N) is 1. The van der Waals surface area contributed by atoms with Gasteiger partial charge in [0.1, 0.15) is 5.75 Å². The first kappa shape index (κ1) is 15.4. The number of methoxy groups -OCH3 is 1. The van der Waals surface area contributed by atoms with Crippen molar-refractivity contribution in [1.82, 2.24) is 4.90 Å². The Morgan fingerprint density at radius 3 is 2.90 bits per heavy atom. The Morgan fingerprint density at radius 2 is 2.19 bits per heavy atom. The van der Waals surface area contributed by atoms with E-state index < -0.39 is 0 Å². The normalized spacial score (nSPS) is 18.3. The number of carbonyl (C=O) groups excluding carboxylic acids is 2. The van der Waals surface area contributed by atoms with Gasteiger partial charge in [0.05, 0.1) is 20.0 Å². The van der Waals surface area contributed by atoms with Gasteiger partial charge < -0.3 is 14.7 Å². The van der Waals surface area contributed by atoms with Gasteiger partial charge in [-0.1, -0.05) is 12.1 Å². The van der Waals surface area contributed by atoms with Gasteiger partial charge in [0.2, 0.25) is 5.91 Å². The lowest BCUT2D eigenvalue weighted by molar-refractivity contribution is -0.144. The molecule has 0 spiro atoms. The number of benzene rings is 1. The van der Waals surface area contributed by atoms with Crippen LogP contribution < -0.4 is 0 Å². The van der Waals surface area contributed by atoms with Crippen LogP contribution in [0.1, 0.15) is 31.2 Å². The minimum absolute atomic E-state index is 0.00537. The summed E-state index contributed by atoms with van der Waals surface area (Å²) in [6, 6.07) is 6.64. The quantitative estimate of drug-likeness (QED) is 0.860. The fraction of sp³-hybridized carbons (Fsp3) is 0.500. The lowest BCUT2D eigenvalue weighted by atomic mass is 9.98. The third-order valence-electron chi connectivity index (χ3n) is 3.84. The molecule has 1 aliphatic rings. The highest BCUT2D eigenvalue weighted by atomic mass is 16.5. The van der Waals surface area contributed by atoms with Crippen molar-refractivity contribution < 1.29 is 19.4 Å². The molecule has 1 aromatic carbocycles. The van der Waals surface area contributed by atoms with E-state index in [0.717, 1.165) is 24.8 Å². The Morgan fingerprint density at radius 1 is 1.38 bits per heavy atom. The second-order valence-electron chi connectivity index (χ2n) is 5.36. The van der Waals surface area contributed by atoms with Gasteiger partial charge in [-0.25, -0.2) is 0 Å². The third kappa shape index (κ3) is 4.21. The fourth-order valence-corrected chi connectivity index (χ4v) is 2.76. The van der Waals surface area contributed by atoms with Crippen LogP contribution in [-0.4, -0.2) is 41.6 Å². The molecule has 1 atom stereocenters. The first-order valence-corrected chi connectivity index (χ1v) is 7.24. The van der Waals surface area contributed by atoms with E-state index >= 15 is 0 Å². The molecule has 1 unspecified atom stereocenters. The molecule has 1 fully saturated rings. The molecule has 0 aromatic heterocycles. The predicted molar refractivity (Wildman–Crippen MR) is 77.8 cm³/mol. The highest BCUT2D eigenvalue weighted by Gasteiger charge is 2.28. The van der Waals surface area contributed by atoms with Crippen molar-refractivity contribution in [3.63, 3.8) is 0 Å². The minimum Gasteiger partial charge on any atom is -0.508 e. The summed E-state index contributed by atoms with van der Waals surface area (Å²) in [6.07, 6.45) is 3.32. The van der Waals surface area contributed by atoms with E-state index in [-0.39, 0.29) is 36.5 Å². The zero-order valence-electron chi connectivity index (χ0n) is 12.2. The van der Waals surface area contributed by atoms with Crippen LogP contribution in [0.5, 0.6) is 5.75 Å². The number of aromatic hydroxyl groups is 1. The number of esters is 1. The maximum Gasteiger partial charge on any atom is 0.307 e. The summed E-state index contributed by atoms with van der Waals surface area (Å²) in [6.45, 7) is 0.680. The zero-order chi connectivity index (χ0) is 15.2. The lowest BCUT2D eigenvalue weighted by Crippen LogP contribution is -2.45. The van der Waals surface area contributed by atoms with Crippen molar-refractivity contribution in [2.24, 2.45) is 0 Å². The molecule has 0 bridgehead atoms. The standard InChI is InChI=1S/C16H21NO4/c1-21-16(20)11-13-6-2-3-8-17(13)15(19)10-12-5-4-7-14(18)9-12/h4-5,7,9,13,18H,2-3,6,8,10-11H2,1H3. The van der Waals surface area contributed by atoms with Crippen LogP contribution >= 0.6 is 0 Å². The van der Waals surface area contributed by atoms with E-state index in [0.29, 0.717) is 6.54 Å². The summed E-state index contributed by atoms with van der Waals surface area (Å²) in [7, 11) is 1.37. The van der Waals surface area contributed by atoms with Crippen molar-refractivity contribution in [2.75, 3.05) is 13.7 Å². The average Bonchev–Trinajstić information content (AvgIpc) is 2.47. The van der Waals surface area contributed by atoms with Gasteiger partial charge in [-0.05, 0) is 37.0 Å². The van der Waals surface area contributed by atoms with Crippen molar-refractivity contribution in [2.45, 2.75) is 38.1 Å². The summed E-state index contributed by atoms with van der Waals surface area (Å²) in [5.74, 6) is -0.128. The highest BCUT2D eigenvalue weighted by Crippen LogP contribution is 2.22. The molecule has 0 aliphatic carbocycles. The SMILES string of the molecule is COC(=O)CC1CCCCN1C(=O)Cc1cccc(O)c1. The number of piperidine rings is 1. The van der Waals surface area contributed by atoms with E-state index in [2.05, 4.69) is 0 Å². The summed E-state index contributed by atoms with van der Waals surface area (Å²) < 4.78 is 4.71. The van der Waals surface area contributed by atoms with Crippen molar-refractivity contribution in [1.29, 1.82) is 0 Å². The number of carbonyl (C=O) groups is 2. The second-order valence-corrected chi connectivity index (χ2v) is 5.36. The molecule has 21 heavy (non-hydrogen) atoms. The number of likely N-dealkylation sites (tertiary alicyclic amines) is 1. The van der Waals surface area contributed by atoms with Gasteiger partial charge in [0.25, 0.3) is 0 Å². The lowest BCUT2D eigenvalue weighted by Gasteiger charge is -2.35. The number of hydrogen-bond donors (Lipinski definition) is 1. The largest absolute Gasteiger partial charge is 0.508 e. The monoisotopic (exact) mass is 291 g/mol. The topological polar surface area (TPSA) is 66.8 Å². The molecule has 1 N–H and O–H groups in total. The zero-order valence-corrected chi connectivity index (χ0v) is 12.2. The molecule has 1 saturated heterocycles. The smallest absolute Gasteiger partial charge is 0.307 e. The maximum absolute atomic E-state index is 12.5. The number of rotatable bonds is 4. The molecule has 5 nitrogen and oxygen atoms in total. The first-order valence-electron chi connectivity index (χ1n) is 7.24. The average molecular weight is 291 g/mol. The van der Waals surface area contributed by atoms with Crippen LogP contribution in [0.25, 0.3) is 0 Å². The van der Waals surface area contributed by atoms with Crippen molar-refractivity contribution in [3.05, 3.63) is 29.8 Å². The van der Waals surface area contributed by atoms with E-state index in [4.69, 9.17) is 4.74 Å². The van der Waals surface area contributed by atoms with E-state index in [1.54, 1.807) is 23.1 Å². The molecule has 2 rings (SSSR count). The molecular formula is C16H21NO4. The molecular weight excluding hydrogens is 270 g/mol. The molecule has 1 amide bonds.